The van der Waals surface area contributed by atoms with E-state index < -0.39 is 15.8 Å². The number of carbonyl (C=O) groups excluding carboxylic acids is 2. The smallest absolute Gasteiger partial charge is 0.253 e. The third kappa shape index (κ3) is 5.79. The summed E-state index contributed by atoms with van der Waals surface area (Å²) in [4.78, 5) is 26.9. The fraction of sp³-hybridized carbons (Fsp3) is 0.333. The molecule has 2 aromatic rings. The highest BCUT2D eigenvalue weighted by molar-refractivity contribution is 7.92. The van der Waals surface area contributed by atoms with Gasteiger partial charge >= 0.3 is 0 Å². The van der Waals surface area contributed by atoms with Crippen molar-refractivity contribution in [3.8, 4) is 0 Å². The van der Waals surface area contributed by atoms with Gasteiger partial charge in [0.05, 0.1) is 17.9 Å². The molecule has 0 bridgehead atoms. The first kappa shape index (κ1) is 21.8. The number of likely N-dealkylation sites (tertiary alicyclic amines) is 1. The molecule has 1 saturated heterocycles. The Morgan fingerprint density at radius 1 is 1.13 bits per heavy atom. The lowest BCUT2D eigenvalue weighted by molar-refractivity contribution is -0.126. The molecule has 2 N–H and O–H groups in total. The van der Waals surface area contributed by atoms with Crippen LogP contribution >= 0.6 is 0 Å². The molecule has 2 aromatic carbocycles. The third-order valence-corrected chi connectivity index (χ3v) is 5.53. The average Bonchev–Trinajstić information content (AvgIpc) is 2.72. The molecule has 1 atom stereocenters. The normalized spacial score (nSPS) is 16.7. The Bertz CT molecular complexity index is 1020. The molecule has 7 nitrogen and oxygen atoms in total. The molecule has 0 aromatic heterocycles. The van der Waals surface area contributed by atoms with Crippen LogP contribution in [0.1, 0.15) is 28.8 Å². The molecular formula is C21H24FN3O4S. The molecule has 0 aliphatic carbocycles. The second-order valence-electron chi connectivity index (χ2n) is 7.35. The lowest BCUT2D eigenvalue weighted by atomic mass is 9.96. The maximum atomic E-state index is 13.1. The maximum absolute atomic E-state index is 13.1. The van der Waals surface area contributed by atoms with Crippen molar-refractivity contribution in [1.29, 1.82) is 0 Å². The fourth-order valence-corrected chi connectivity index (χ4v) is 4.05. The lowest BCUT2D eigenvalue weighted by Gasteiger charge is -2.32. The van der Waals surface area contributed by atoms with E-state index in [1.165, 1.54) is 24.3 Å². The number of sulfonamides is 1. The second kappa shape index (κ2) is 9.25. The van der Waals surface area contributed by atoms with Gasteiger partial charge in [0.25, 0.3) is 5.91 Å². The summed E-state index contributed by atoms with van der Waals surface area (Å²) < 4.78 is 38.6. The van der Waals surface area contributed by atoms with E-state index in [4.69, 9.17) is 0 Å². The van der Waals surface area contributed by atoms with E-state index in [2.05, 4.69) is 10.0 Å². The highest BCUT2D eigenvalue weighted by Crippen LogP contribution is 2.20. The lowest BCUT2D eigenvalue weighted by Crippen LogP contribution is -2.45. The summed E-state index contributed by atoms with van der Waals surface area (Å²) in [5, 5.41) is 2.84. The molecule has 2 amide bonds. The summed E-state index contributed by atoms with van der Waals surface area (Å²) in [5.74, 6) is -1.19. The summed E-state index contributed by atoms with van der Waals surface area (Å²) in [7, 11) is -3.43. The molecule has 1 unspecified atom stereocenters. The monoisotopic (exact) mass is 433 g/mol. The first-order valence-corrected chi connectivity index (χ1v) is 11.5. The number of rotatable bonds is 6. The van der Waals surface area contributed by atoms with Crippen LogP contribution in [0, 0.1) is 11.7 Å². The van der Waals surface area contributed by atoms with Crippen LogP contribution in [0.2, 0.25) is 0 Å². The minimum Gasteiger partial charge on any atom is -0.352 e. The van der Waals surface area contributed by atoms with E-state index >= 15 is 0 Å². The number of hydrogen-bond donors (Lipinski definition) is 2. The van der Waals surface area contributed by atoms with Crippen molar-refractivity contribution in [2.75, 3.05) is 24.1 Å². The predicted octanol–water partition coefficient (Wildman–Crippen LogP) is 2.37. The van der Waals surface area contributed by atoms with Crippen LogP contribution in [-0.4, -0.2) is 44.5 Å². The number of amides is 2. The van der Waals surface area contributed by atoms with Crippen LogP contribution in [0.4, 0.5) is 10.1 Å². The molecule has 9 heteroatoms. The largest absolute Gasteiger partial charge is 0.352 e. The van der Waals surface area contributed by atoms with Crippen molar-refractivity contribution >= 4 is 27.5 Å². The minimum absolute atomic E-state index is 0.167. The number of hydrogen-bond acceptors (Lipinski definition) is 4. The molecule has 160 valence electrons. The van der Waals surface area contributed by atoms with Gasteiger partial charge in [0.15, 0.2) is 0 Å². The van der Waals surface area contributed by atoms with Crippen LogP contribution in [0.15, 0.2) is 48.5 Å². The summed E-state index contributed by atoms with van der Waals surface area (Å²) in [6.07, 6.45) is 2.41. The van der Waals surface area contributed by atoms with Crippen LogP contribution in [0.5, 0.6) is 0 Å². The molecule has 1 aliphatic heterocycles. The number of carbonyl (C=O) groups is 2. The summed E-state index contributed by atoms with van der Waals surface area (Å²) in [6.45, 7) is 0.992. The number of halogens is 1. The van der Waals surface area contributed by atoms with E-state index in [1.807, 2.05) is 0 Å². The minimum atomic E-state index is -3.43. The molecule has 3 rings (SSSR count). The molecule has 1 aliphatic rings. The van der Waals surface area contributed by atoms with Crippen LogP contribution in [-0.2, 0) is 21.4 Å². The topological polar surface area (TPSA) is 95.6 Å². The van der Waals surface area contributed by atoms with Crippen molar-refractivity contribution in [1.82, 2.24) is 10.2 Å². The Hall–Kier alpha value is -2.94. The first-order chi connectivity index (χ1) is 14.2. The van der Waals surface area contributed by atoms with Gasteiger partial charge < -0.3 is 10.2 Å². The number of nitrogens with zero attached hydrogens (tertiary/aromatic N) is 1. The van der Waals surface area contributed by atoms with Gasteiger partial charge in [-0.05, 0) is 48.7 Å². The number of para-hydroxylation sites is 1. The van der Waals surface area contributed by atoms with E-state index in [1.54, 1.807) is 29.2 Å². The van der Waals surface area contributed by atoms with Crippen LogP contribution in [0.25, 0.3) is 0 Å². The molecule has 1 fully saturated rings. The molecule has 1 heterocycles. The van der Waals surface area contributed by atoms with Crippen molar-refractivity contribution in [2.24, 2.45) is 5.92 Å². The Balaban J connectivity index is 1.61. The zero-order valence-corrected chi connectivity index (χ0v) is 17.4. The summed E-state index contributed by atoms with van der Waals surface area (Å²) in [6, 6.07) is 12.2. The Kier molecular flexibility index (Phi) is 6.71. The van der Waals surface area contributed by atoms with E-state index in [0.717, 1.165) is 6.26 Å². The number of nitrogens with one attached hydrogen (secondary N) is 2. The Labute approximate surface area is 175 Å². The van der Waals surface area contributed by atoms with Gasteiger partial charge in [-0.25, -0.2) is 12.8 Å². The Morgan fingerprint density at radius 2 is 1.83 bits per heavy atom. The number of benzene rings is 2. The quantitative estimate of drug-likeness (QED) is 0.731. The Morgan fingerprint density at radius 3 is 2.53 bits per heavy atom. The molecule has 0 spiro atoms. The van der Waals surface area contributed by atoms with Crippen molar-refractivity contribution in [3.63, 3.8) is 0 Å². The predicted molar refractivity (Wildman–Crippen MR) is 112 cm³/mol. The van der Waals surface area contributed by atoms with Gasteiger partial charge in [0, 0.05) is 25.2 Å². The average molecular weight is 434 g/mol. The fourth-order valence-electron chi connectivity index (χ4n) is 3.45. The van der Waals surface area contributed by atoms with Crippen molar-refractivity contribution in [2.45, 2.75) is 19.4 Å². The standard InChI is InChI=1S/C21H24FN3O4S/c1-30(28,29)24-19-7-3-2-5-16(19)13-23-20(26)17-6-4-12-25(14-17)21(27)15-8-10-18(22)11-9-15/h2-3,5,7-11,17,24H,4,6,12-14H2,1H3,(H,23,26). The maximum Gasteiger partial charge on any atom is 0.253 e. The zero-order chi connectivity index (χ0) is 21.7. The van der Waals surface area contributed by atoms with Gasteiger partial charge in [-0.2, -0.15) is 0 Å². The van der Waals surface area contributed by atoms with E-state index in [-0.39, 0.29) is 30.8 Å². The summed E-state index contributed by atoms with van der Waals surface area (Å²) >= 11 is 0. The molecule has 0 radical (unpaired) electrons. The SMILES string of the molecule is CS(=O)(=O)Nc1ccccc1CNC(=O)C1CCCN(C(=O)c2ccc(F)cc2)C1. The van der Waals surface area contributed by atoms with Gasteiger partial charge in [-0.15, -0.1) is 0 Å². The van der Waals surface area contributed by atoms with Crippen LogP contribution < -0.4 is 10.0 Å². The molecule has 30 heavy (non-hydrogen) atoms. The first-order valence-electron chi connectivity index (χ1n) is 9.61. The molecular weight excluding hydrogens is 409 g/mol. The van der Waals surface area contributed by atoms with Gasteiger partial charge in [0.2, 0.25) is 15.9 Å². The molecule has 0 saturated carbocycles. The van der Waals surface area contributed by atoms with Crippen LogP contribution in [0.3, 0.4) is 0 Å². The number of piperidine rings is 1. The zero-order valence-electron chi connectivity index (χ0n) is 16.6. The van der Waals surface area contributed by atoms with Gasteiger partial charge in [-0.1, -0.05) is 18.2 Å². The van der Waals surface area contributed by atoms with E-state index in [9.17, 15) is 22.4 Å². The van der Waals surface area contributed by atoms with Gasteiger partial charge in [0.1, 0.15) is 5.82 Å². The highest BCUT2D eigenvalue weighted by atomic mass is 32.2. The van der Waals surface area contributed by atoms with Crippen molar-refractivity contribution in [3.05, 3.63) is 65.5 Å². The second-order valence-corrected chi connectivity index (χ2v) is 9.09. The number of anilines is 1. The third-order valence-electron chi connectivity index (χ3n) is 4.94. The summed E-state index contributed by atoms with van der Waals surface area (Å²) in [5.41, 5.74) is 1.45. The van der Waals surface area contributed by atoms with E-state index in [0.29, 0.717) is 36.2 Å². The van der Waals surface area contributed by atoms with Gasteiger partial charge in [-0.3, -0.25) is 14.3 Å². The highest BCUT2D eigenvalue weighted by Gasteiger charge is 2.29. The van der Waals surface area contributed by atoms with Crippen molar-refractivity contribution < 1.29 is 22.4 Å².